The van der Waals surface area contributed by atoms with Crippen LogP contribution in [-0.2, 0) is 25.7 Å². The van der Waals surface area contributed by atoms with Crippen LogP contribution in [0.2, 0.25) is 0 Å². The van der Waals surface area contributed by atoms with Gasteiger partial charge in [-0.05, 0) is 31.4 Å². The van der Waals surface area contributed by atoms with Gasteiger partial charge in [0, 0.05) is 30.5 Å². The summed E-state index contributed by atoms with van der Waals surface area (Å²) >= 11 is 3.77. The number of aliphatic hydroxyl groups is 1. The van der Waals surface area contributed by atoms with Gasteiger partial charge in [0.25, 0.3) is 0 Å². The van der Waals surface area contributed by atoms with Gasteiger partial charge in [0.1, 0.15) is 11.6 Å². The maximum absolute atomic E-state index is 14.7. The quantitative estimate of drug-likeness (QED) is 0.276. The van der Waals surface area contributed by atoms with Crippen molar-refractivity contribution in [2.24, 2.45) is 11.8 Å². The number of benzene rings is 2. The molecule has 0 aromatic heterocycles. The molecule has 43 heavy (non-hydrogen) atoms. The van der Waals surface area contributed by atoms with Crippen molar-refractivity contribution in [3.8, 4) is 0 Å². The van der Waals surface area contributed by atoms with E-state index in [1.807, 2.05) is 74.5 Å². The van der Waals surface area contributed by atoms with Crippen molar-refractivity contribution >= 4 is 33.7 Å². The number of carbonyl (C=O) groups is 3. The van der Waals surface area contributed by atoms with Crippen LogP contribution in [-0.4, -0.2) is 85.8 Å². The van der Waals surface area contributed by atoms with Crippen LogP contribution >= 0.6 is 15.9 Å². The van der Waals surface area contributed by atoms with Gasteiger partial charge in [0.15, 0.2) is 0 Å². The van der Waals surface area contributed by atoms with E-state index in [1.165, 1.54) is 4.90 Å². The molecular formula is C34H40BrN3O5. The molecule has 3 saturated heterocycles. The Balaban J connectivity index is 1.61. The zero-order valence-corrected chi connectivity index (χ0v) is 26.3. The molecule has 2 aromatic rings. The predicted molar refractivity (Wildman–Crippen MR) is 168 cm³/mol. The molecular weight excluding hydrogens is 610 g/mol. The van der Waals surface area contributed by atoms with E-state index >= 15 is 0 Å². The Kier molecular flexibility index (Phi) is 9.25. The third kappa shape index (κ3) is 5.36. The standard InChI is InChI=1S/C34H40BrN3O5/c1-5-17-36(20-23-13-9-7-10-14-23)31(40)27-28-32(41)38(26(21-39)24-15-11-8-12-16-24)30(33(42)37(18-6-2)22(3)4)34(28)19-25(35)29(27)43-34/h5-16,22,25-30,39H,1-2,17-21H2,3-4H3/t25?,26-,27-,28+,29-,30?,34?/m1/s1. The number of aliphatic hydroxyl groups excluding tert-OH is 1. The number of carbonyl (C=O) groups excluding carboxylic acids is 3. The Labute approximate surface area is 262 Å². The first-order chi connectivity index (χ1) is 20.7. The minimum Gasteiger partial charge on any atom is -0.394 e. The number of hydrogen-bond donors (Lipinski definition) is 1. The highest BCUT2D eigenvalue weighted by molar-refractivity contribution is 9.09. The highest BCUT2D eigenvalue weighted by atomic mass is 79.9. The van der Waals surface area contributed by atoms with Gasteiger partial charge in [0.2, 0.25) is 17.7 Å². The average Bonchev–Trinajstić information content (AvgIpc) is 3.60. The van der Waals surface area contributed by atoms with E-state index < -0.39 is 35.6 Å². The van der Waals surface area contributed by atoms with Crippen LogP contribution in [0.5, 0.6) is 0 Å². The van der Waals surface area contributed by atoms with Crippen molar-refractivity contribution in [1.82, 2.24) is 14.7 Å². The molecule has 8 nitrogen and oxygen atoms in total. The maximum atomic E-state index is 14.7. The third-order valence-electron chi connectivity index (χ3n) is 9.05. The molecule has 3 fully saturated rings. The fourth-order valence-corrected chi connectivity index (χ4v) is 8.19. The van der Waals surface area contributed by atoms with E-state index in [9.17, 15) is 19.5 Å². The zero-order valence-electron chi connectivity index (χ0n) is 24.7. The van der Waals surface area contributed by atoms with Crippen LogP contribution in [0, 0.1) is 11.8 Å². The number of hydrogen-bond acceptors (Lipinski definition) is 5. The lowest BCUT2D eigenvalue weighted by atomic mass is 9.70. The molecule has 5 rings (SSSR count). The number of nitrogens with zero attached hydrogens (tertiary/aromatic N) is 3. The fourth-order valence-electron chi connectivity index (χ4n) is 7.25. The summed E-state index contributed by atoms with van der Waals surface area (Å²) in [4.78, 5) is 48.4. The Morgan fingerprint density at radius 3 is 2.28 bits per heavy atom. The van der Waals surface area contributed by atoms with E-state index in [4.69, 9.17) is 4.74 Å². The normalized spacial score (nSPS) is 28.1. The second kappa shape index (κ2) is 12.8. The van der Waals surface area contributed by atoms with Gasteiger partial charge in [-0.25, -0.2) is 0 Å². The van der Waals surface area contributed by atoms with Crippen molar-refractivity contribution in [2.75, 3.05) is 19.7 Å². The van der Waals surface area contributed by atoms with Crippen molar-refractivity contribution in [2.45, 2.75) is 61.5 Å². The molecule has 228 valence electrons. The van der Waals surface area contributed by atoms with E-state index in [-0.39, 0.29) is 35.2 Å². The summed E-state index contributed by atoms with van der Waals surface area (Å²) in [5.41, 5.74) is 0.425. The summed E-state index contributed by atoms with van der Waals surface area (Å²) in [5.74, 6) is -2.52. The summed E-state index contributed by atoms with van der Waals surface area (Å²) in [6.45, 7) is 12.1. The highest BCUT2D eigenvalue weighted by Gasteiger charge is 2.77. The van der Waals surface area contributed by atoms with Crippen LogP contribution in [0.3, 0.4) is 0 Å². The third-order valence-corrected chi connectivity index (χ3v) is 9.89. The molecule has 9 heteroatoms. The van der Waals surface area contributed by atoms with E-state index in [0.29, 0.717) is 31.6 Å². The van der Waals surface area contributed by atoms with Crippen molar-refractivity contribution in [3.63, 3.8) is 0 Å². The van der Waals surface area contributed by atoms with E-state index in [2.05, 4.69) is 29.1 Å². The monoisotopic (exact) mass is 649 g/mol. The van der Waals surface area contributed by atoms with Crippen molar-refractivity contribution < 1.29 is 24.2 Å². The summed E-state index contributed by atoms with van der Waals surface area (Å²) in [6, 6.07) is 16.9. The van der Waals surface area contributed by atoms with Gasteiger partial charge in [-0.1, -0.05) is 88.7 Å². The van der Waals surface area contributed by atoms with Gasteiger partial charge < -0.3 is 24.5 Å². The number of alkyl halides is 1. The number of amides is 3. The number of fused-ring (bicyclic) bond motifs is 1. The van der Waals surface area contributed by atoms with Crippen LogP contribution < -0.4 is 0 Å². The van der Waals surface area contributed by atoms with Crippen LogP contribution in [0.25, 0.3) is 0 Å². The van der Waals surface area contributed by atoms with Gasteiger partial charge in [-0.15, -0.1) is 13.2 Å². The molecule has 0 aliphatic carbocycles. The Morgan fingerprint density at radius 2 is 1.70 bits per heavy atom. The topological polar surface area (TPSA) is 90.4 Å². The maximum Gasteiger partial charge on any atom is 0.248 e. The molecule has 3 amide bonds. The molecule has 3 aliphatic heterocycles. The lowest BCUT2D eigenvalue weighted by molar-refractivity contribution is -0.153. The van der Waals surface area contributed by atoms with Crippen LogP contribution in [0.4, 0.5) is 0 Å². The number of ether oxygens (including phenoxy) is 1. The van der Waals surface area contributed by atoms with Gasteiger partial charge >= 0.3 is 0 Å². The fraction of sp³-hybridized carbons (Fsp3) is 0.441. The number of halogens is 1. The minimum absolute atomic E-state index is 0.174. The molecule has 2 bridgehead atoms. The first-order valence-electron chi connectivity index (χ1n) is 14.8. The SMILES string of the molecule is C=CCN(Cc1ccccc1)C(=O)[C@H]1[C@@H]2OC3(CC2Br)C(C(=O)N(CC=C)C(C)C)N([C@H](CO)c2ccccc2)C(=O)[C@H]13. The Morgan fingerprint density at radius 1 is 1.07 bits per heavy atom. The van der Waals surface area contributed by atoms with Crippen LogP contribution in [0.1, 0.15) is 37.4 Å². The molecule has 3 aliphatic rings. The molecule has 3 heterocycles. The van der Waals surface area contributed by atoms with E-state index in [1.54, 1.807) is 22.0 Å². The molecule has 2 aromatic carbocycles. The Bertz CT molecular complexity index is 1350. The summed E-state index contributed by atoms with van der Waals surface area (Å²) in [6.07, 6.45) is 3.15. The van der Waals surface area contributed by atoms with Gasteiger partial charge in [-0.2, -0.15) is 0 Å². The minimum atomic E-state index is -1.24. The smallest absolute Gasteiger partial charge is 0.248 e. The summed E-state index contributed by atoms with van der Waals surface area (Å²) in [5, 5.41) is 10.7. The molecule has 0 radical (unpaired) electrons. The van der Waals surface area contributed by atoms with Gasteiger partial charge in [-0.3, -0.25) is 14.4 Å². The molecule has 3 unspecified atom stereocenters. The largest absolute Gasteiger partial charge is 0.394 e. The molecule has 0 saturated carbocycles. The summed E-state index contributed by atoms with van der Waals surface area (Å²) in [7, 11) is 0. The lowest BCUT2D eigenvalue weighted by Crippen LogP contribution is -2.58. The Hall–Kier alpha value is -3.27. The van der Waals surface area contributed by atoms with Crippen LogP contribution in [0.15, 0.2) is 86.0 Å². The van der Waals surface area contributed by atoms with Crippen molar-refractivity contribution in [3.05, 3.63) is 97.1 Å². The first-order valence-corrected chi connectivity index (χ1v) is 15.8. The average molecular weight is 651 g/mol. The molecule has 1 spiro atoms. The molecule has 1 N–H and O–H groups in total. The number of rotatable bonds is 12. The zero-order chi connectivity index (χ0) is 30.9. The predicted octanol–water partition coefficient (Wildman–Crippen LogP) is 4.11. The number of likely N-dealkylation sites (tertiary alicyclic amines) is 1. The second-order valence-electron chi connectivity index (χ2n) is 11.9. The highest BCUT2D eigenvalue weighted by Crippen LogP contribution is 2.61. The summed E-state index contributed by atoms with van der Waals surface area (Å²) < 4.78 is 6.74. The molecule has 7 atom stereocenters. The lowest BCUT2D eigenvalue weighted by Gasteiger charge is -2.40. The van der Waals surface area contributed by atoms with Crippen molar-refractivity contribution in [1.29, 1.82) is 0 Å². The second-order valence-corrected chi connectivity index (χ2v) is 13.1. The first kappa shape index (κ1) is 31.2. The van der Waals surface area contributed by atoms with Gasteiger partial charge in [0.05, 0.1) is 30.6 Å². The van der Waals surface area contributed by atoms with E-state index in [0.717, 1.165) is 5.56 Å².